The Kier molecular flexibility index (Phi) is 4.54. The van der Waals surface area contributed by atoms with E-state index in [9.17, 15) is 8.42 Å². The number of oxime groups is 1. The molecular formula is C12H18N2O4S. The second-order valence-corrected chi connectivity index (χ2v) is 6.91. The van der Waals surface area contributed by atoms with Gasteiger partial charge in [-0.2, -0.15) is 8.42 Å². The standard InChI is InChI=1S/C12H18N2O4S/c1-12(2,3)8-18-19(16,17)10-6-4-5-9(7-10)11(13)14-15/h4-7,15H,8H2,1-3H3,(H2,13,14). The van der Waals surface area contributed by atoms with Gasteiger partial charge in [-0.05, 0) is 17.5 Å². The number of rotatable bonds is 4. The van der Waals surface area contributed by atoms with E-state index < -0.39 is 10.1 Å². The van der Waals surface area contributed by atoms with E-state index in [0.717, 1.165) is 0 Å². The molecule has 0 spiro atoms. The van der Waals surface area contributed by atoms with E-state index in [0.29, 0.717) is 5.56 Å². The van der Waals surface area contributed by atoms with Crippen LogP contribution < -0.4 is 5.73 Å². The lowest BCUT2D eigenvalue weighted by Gasteiger charge is -2.17. The number of hydrogen-bond acceptors (Lipinski definition) is 5. The van der Waals surface area contributed by atoms with Gasteiger partial charge in [0.15, 0.2) is 5.84 Å². The van der Waals surface area contributed by atoms with Crippen molar-refractivity contribution in [1.29, 1.82) is 0 Å². The Labute approximate surface area is 113 Å². The summed E-state index contributed by atoms with van der Waals surface area (Å²) in [6.45, 7) is 5.68. The highest BCUT2D eigenvalue weighted by molar-refractivity contribution is 7.86. The van der Waals surface area contributed by atoms with Crippen LogP contribution in [0.4, 0.5) is 0 Å². The van der Waals surface area contributed by atoms with Crippen molar-refractivity contribution in [3.05, 3.63) is 29.8 Å². The molecule has 0 radical (unpaired) electrons. The van der Waals surface area contributed by atoms with Crippen LogP contribution in [-0.2, 0) is 14.3 Å². The quantitative estimate of drug-likeness (QED) is 0.287. The Hall–Kier alpha value is -1.60. The molecule has 0 amide bonds. The number of amidine groups is 1. The van der Waals surface area contributed by atoms with Crippen molar-refractivity contribution in [2.24, 2.45) is 16.3 Å². The second kappa shape index (κ2) is 5.58. The highest BCUT2D eigenvalue weighted by Crippen LogP contribution is 2.19. The van der Waals surface area contributed by atoms with Crippen molar-refractivity contribution in [2.45, 2.75) is 25.7 Å². The number of nitrogens with zero attached hydrogens (tertiary/aromatic N) is 1. The maximum atomic E-state index is 12.0. The molecule has 3 N–H and O–H groups in total. The van der Waals surface area contributed by atoms with Crippen LogP contribution in [0.15, 0.2) is 34.3 Å². The molecular weight excluding hydrogens is 268 g/mol. The van der Waals surface area contributed by atoms with E-state index in [4.69, 9.17) is 15.1 Å². The molecule has 7 heteroatoms. The predicted octanol–water partition coefficient (Wildman–Crippen LogP) is 1.53. The van der Waals surface area contributed by atoms with Gasteiger partial charge < -0.3 is 10.9 Å². The molecule has 106 valence electrons. The lowest BCUT2D eigenvalue weighted by Crippen LogP contribution is -2.19. The van der Waals surface area contributed by atoms with Crippen molar-refractivity contribution in [1.82, 2.24) is 0 Å². The third-order valence-corrected chi connectivity index (χ3v) is 3.43. The van der Waals surface area contributed by atoms with Crippen LogP contribution in [-0.4, -0.2) is 26.1 Å². The smallest absolute Gasteiger partial charge is 0.297 e. The van der Waals surface area contributed by atoms with Gasteiger partial charge in [0, 0.05) is 5.56 Å². The van der Waals surface area contributed by atoms with Gasteiger partial charge in [-0.25, -0.2) is 0 Å². The highest BCUT2D eigenvalue weighted by Gasteiger charge is 2.20. The van der Waals surface area contributed by atoms with Crippen LogP contribution in [0.1, 0.15) is 26.3 Å². The average molecular weight is 286 g/mol. The zero-order valence-electron chi connectivity index (χ0n) is 11.1. The molecule has 6 nitrogen and oxygen atoms in total. The SMILES string of the molecule is CC(C)(C)COS(=O)(=O)c1cccc(/C(N)=N/O)c1. The van der Waals surface area contributed by atoms with Crippen molar-refractivity contribution in [3.63, 3.8) is 0 Å². The first-order valence-electron chi connectivity index (χ1n) is 5.63. The summed E-state index contributed by atoms with van der Waals surface area (Å²) < 4.78 is 28.9. The molecule has 0 fully saturated rings. The Morgan fingerprint density at radius 3 is 2.58 bits per heavy atom. The lowest BCUT2D eigenvalue weighted by molar-refractivity contribution is 0.203. The second-order valence-electron chi connectivity index (χ2n) is 5.29. The summed E-state index contributed by atoms with van der Waals surface area (Å²) >= 11 is 0. The van der Waals surface area contributed by atoms with Gasteiger partial charge in [0.25, 0.3) is 10.1 Å². The summed E-state index contributed by atoms with van der Waals surface area (Å²) in [5.41, 5.74) is 5.45. The molecule has 0 unspecified atom stereocenters. The molecule has 0 aliphatic carbocycles. The van der Waals surface area contributed by atoms with E-state index in [1.54, 1.807) is 0 Å². The van der Waals surface area contributed by atoms with Crippen molar-refractivity contribution >= 4 is 16.0 Å². The van der Waals surface area contributed by atoms with E-state index in [-0.39, 0.29) is 22.8 Å². The third-order valence-electron chi connectivity index (χ3n) is 2.17. The molecule has 0 aromatic heterocycles. The van der Waals surface area contributed by atoms with E-state index >= 15 is 0 Å². The predicted molar refractivity (Wildman–Crippen MR) is 71.5 cm³/mol. The molecule has 1 aromatic rings. The first-order valence-corrected chi connectivity index (χ1v) is 7.04. The van der Waals surface area contributed by atoms with Gasteiger partial charge in [-0.1, -0.05) is 38.1 Å². The zero-order valence-corrected chi connectivity index (χ0v) is 11.9. The highest BCUT2D eigenvalue weighted by atomic mass is 32.2. The third kappa shape index (κ3) is 4.53. The van der Waals surface area contributed by atoms with Gasteiger partial charge in [-0.3, -0.25) is 4.18 Å². The molecule has 19 heavy (non-hydrogen) atoms. The normalized spacial score (nSPS) is 13.5. The minimum absolute atomic E-state index is 0.0270. The molecule has 0 heterocycles. The molecule has 0 saturated carbocycles. The van der Waals surface area contributed by atoms with Gasteiger partial charge >= 0.3 is 0 Å². The van der Waals surface area contributed by atoms with E-state index in [1.165, 1.54) is 24.3 Å². The molecule has 0 atom stereocenters. The first kappa shape index (κ1) is 15.5. The topological polar surface area (TPSA) is 102 Å². The van der Waals surface area contributed by atoms with Crippen LogP contribution >= 0.6 is 0 Å². The van der Waals surface area contributed by atoms with Crippen molar-refractivity contribution in [2.75, 3.05) is 6.61 Å². The molecule has 0 aliphatic rings. The Morgan fingerprint density at radius 2 is 2.05 bits per heavy atom. The summed E-state index contributed by atoms with van der Waals surface area (Å²) in [6, 6.07) is 5.73. The largest absolute Gasteiger partial charge is 0.409 e. The van der Waals surface area contributed by atoms with Gasteiger partial charge in [0.05, 0.1) is 11.5 Å². The molecule has 0 aliphatic heterocycles. The van der Waals surface area contributed by atoms with Crippen molar-refractivity contribution < 1.29 is 17.8 Å². The summed E-state index contributed by atoms with van der Waals surface area (Å²) in [5.74, 6) is -0.159. The van der Waals surface area contributed by atoms with Crippen LogP contribution in [0.3, 0.4) is 0 Å². The minimum Gasteiger partial charge on any atom is -0.409 e. The van der Waals surface area contributed by atoms with Crippen molar-refractivity contribution in [3.8, 4) is 0 Å². The van der Waals surface area contributed by atoms with Crippen LogP contribution in [0.25, 0.3) is 0 Å². The fourth-order valence-electron chi connectivity index (χ4n) is 1.19. The molecule has 1 rings (SSSR count). The molecule has 0 bridgehead atoms. The lowest BCUT2D eigenvalue weighted by atomic mass is 9.99. The number of nitrogens with two attached hydrogens (primary N) is 1. The monoisotopic (exact) mass is 286 g/mol. The Morgan fingerprint density at radius 1 is 1.42 bits per heavy atom. The zero-order chi connectivity index (χ0) is 14.7. The van der Waals surface area contributed by atoms with Gasteiger partial charge in [0.1, 0.15) is 0 Å². The maximum Gasteiger partial charge on any atom is 0.297 e. The Balaban J connectivity index is 3.02. The maximum absolute atomic E-state index is 12.0. The average Bonchev–Trinajstić information content (AvgIpc) is 2.35. The van der Waals surface area contributed by atoms with Crippen LogP contribution in [0, 0.1) is 5.41 Å². The van der Waals surface area contributed by atoms with Crippen LogP contribution in [0.2, 0.25) is 0 Å². The fraction of sp³-hybridized carbons (Fsp3) is 0.417. The first-order chi connectivity index (χ1) is 8.65. The summed E-state index contributed by atoms with van der Waals surface area (Å²) in [5, 5.41) is 11.4. The number of hydrogen-bond donors (Lipinski definition) is 2. The van der Waals surface area contributed by atoms with Gasteiger partial charge in [-0.15, -0.1) is 0 Å². The summed E-state index contributed by atoms with van der Waals surface area (Å²) in [7, 11) is -3.85. The fourth-order valence-corrected chi connectivity index (χ4v) is 2.35. The summed E-state index contributed by atoms with van der Waals surface area (Å²) in [4.78, 5) is -0.0270. The Bertz CT molecular complexity index is 574. The van der Waals surface area contributed by atoms with Crippen LogP contribution in [0.5, 0.6) is 0 Å². The molecule has 0 saturated heterocycles. The minimum atomic E-state index is -3.85. The van der Waals surface area contributed by atoms with E-state index in [1.807, 2.05) is 20.8 Å². The van der Waals surface area contributed by atoms with E-state index in [2.05, 4.69) is 5.16 Å². The van der Waals surface area contributed by atoms with Gasteiger partial charge in [0.2, 0.25) is 0 Å². The molecule has 1 aromatic carbocycles. The summed E-state index contributed by atoms with van der Waals surface area (Å²) in [6.07, 6.45) is 0. The number of benzene rings is 1.